The van der Waals surface area contributed by atoms with Crippen LogP contribution in [0.2, 0.25) is 0 Å². The molecule has 1 fully saturated rings. The number of rotatable bonds is 4. The highest BCUT2D eigenvalue weighted by Gasteiger charge is 2.34. The van der Waals surface area contributed by atoms with Crippen LogP contribution in [0, 0.1) is 19.8 Å². The lowest BCUT2D eigenvalue weighted by molar-refractivity contribution is -0.147. The molecule has 2 atom stereocenters. The molecule has 1 saturated heterocycles. The summed E-state index contributed by atoms with van der Waals surface area (Å²) in [5.41, 5.74) is 8.92. The first kappa shape index (κ1) is 19.9. The number of carbonyl (C=O) groups is 2. The van der Waals surface area contributed by atoms with Crippen molar-refractivity contribution in [3.8, 4) is 5.75 Å². The van der Waals surface area contributed by atoms with E-state index >= 15 is 0 Å². The Morgan fingerprint density at radius 2 is 1.96 bits per heavy atom. The number of aryl methyl sites for hydroxylation is 2. The molecular weight excluding hydrogens is 354 g/mol. The summed E-state index contributed by atoms with van der Waals surface area (Å²) >= 11 is 0. The Morgan fingerprint density at radius 1 is 1.21 bits per heavy atom. The van der Waals surface area contributed by atoms with E-state index in [1.807, 2.05) is 26.0 Å². The van der Waals surface area contributed by atoms with Gasteiger partial charge in [0.1, 0.15) is 11.6 Å². The number of likely N-dealkylation sites (tertiary alicyclic amines) is 1. The molecular formula is C22H27N3O3. The van der Waals surface area contributed by atoms with Gasteiger partial charge in [-0.05, 0) is 60.9 Å². The highest BCUT2D eigenvalue weighted by atomic mass is 16.3. The molecule has 0 aliphatic carbocycles. The van der Waals surface area contributed by atoms with Crippen molar-refractivity contribution in [2.24, 2.45) is 5.92 Å². The number of phenols is 1. The molecule has 3 rings (SSSR count). The number of benzene rings is 1. The lowest BCUT2D eigenvalue weighted by Crippen LogP contribution is -2.45. The van der Waals surface area contributed by atoms with Gasteiger partial charge in [-0.3, -0.25) is 9.59 Å². The minimum atomic E-state index is -0.461. The molecule has 28 heavy (non-hydrogen) atoms. The summed E-state index contributed by atoms with van der Waals surface area (Å²) in [7, 11) is 0. The van der Waals surface area contributed by atoms with Gasteiger partial charge >= 0.3 is 0 Å². The topological polar surface area (TPSA) is 96.5 Å². The molecule has 0 saturated carbocycles. The van der Waals surface area contributed by atoms with Crippen molar-refractivity contribution in [2.75, 3.05) is 12.3 Å². The Balaban J connectivity index is 1.82. The van der Waals surface area contributed by atoms with E-state index in [-0.39, 0.29) is 18.2 Å². The molecule has 3 N–H and O–H groups in total. The molecule has 0 unspecified atom stereocenters. The summed E-state index contributed by atoms with van der Waals surface area (Å²) in [5.74, 6) is 0.0900. The monoisotopic (exact) mass is 381 g/mol. The number of pyridine rings is 1. The number of phenolic OH excluding ortho intramolecular Hbond substituents is 1. The second-order valence-corrected chi connectivity index (χ2v) is 7.85. The first-order valence-electron chi connectivity index (χ1n) is 9.60. The van der Waals surface area contributed by atoms with Crippen LogP contribution in [0.3, 0.4) is 0 Å². The van der Waals surface area contributed by atoms with Gasteiger partial charge in [0.15, 0.2) is 0 Å². The predicted molar refractivity (Wildman–Crippen MR) is 108 cm³/mol. The molecule has 6 heteroatoms. The summed E-state index contributed by atoms with van der Waals surface area (Å²) in [6.07, 6.45) is 3.35. The number of Topliss-reactive ketones (excluding diaryl/α,β-unsaturated/α-hetero) is 1. The maximum absolute atomic E-state index is 13.0. The van der Waals surface area contributed by atoms with Crippen molar-refractivity contribution in [1.82, 2.24) is 9.88 Å². The molecule has 0 spiro atoms. The van der Waals surface area contributed by atoms with Gasteiger partial charge in [0, 0.05) is 19.2 Å². The fourth-order valence-corrected chi connectivity index (χ4v) is 3.77. The second-order valence-electron chi connectivity index (χ2n) is 7.85. The van der Waals surface area contributed by atoms with E-state index in [0.29, 0.717) is 23.8 Å². The number of hydrogen-bond acceptors (Lipinski definition) is 5. The number of nitrogens with zero attached hydrogens (tertiary/aromatic N) is 2. The normalized spacial score (nSPS) is 19.5. The van der Waals surface area contributed by atoms with E-state index in [2.05, 4.69) is 11.9 Å². The van der Waals surface area contributed by atoms with Crippen LogP contribution >= 0.6 is 0 Å². The lowest BCUT2D eigenvalue weighted by Gasteiger charge is -2.38. The Hall–Kier alpha value is -2.89. The summed E-state index contributed by atoms with van der Waals surface area (Å²) < 4.78 is 0. The number of anilines is 1. The van der Waals surface area contributed by atoms with E-state index in [1.165, 1.54) is 0 Å². The van der Waals surface area contributed by atoms with Crippen molar-refractivity contribution >= 4 is 17.5 Å². The number of nitrogen functional groups attached to an aromatic ring is 1. The third-order valence-corrected chi connectivity index (χ3v) is 5.46. The minimum absolute atomic E-state index is 0.0131. The molecule has 1 aromatic heterocycles. The predicted octanol–water partition coefficient (Wildman–Crippen LogP) is 3.10. The zero-order valence-electron chi connectivity index (χ0n) is 16.6. The van der Waals surface area contributed by atoms with Crippen molar-refractivity contribution in [3.05, 3.63) is 52.7 Å². The molecule has 1 amide bonds. The summed E-state index contributed by atoms with van der Waals surface area (Å²) in [6.45, 7) is 6.30. The number of hydrogen-bond donors (Lipinski definition) is 2. The van der Waals surface area contributed by atoms with E-state index in [4.69, 9.17) is 5.73 Å². The molecule has 0 radical (unpaired) electrons. The SMILES string of the molecule is Cc1cc([C@@H]2CC[C@@H](C)CN2C(=O)C(=O)Cc2cnc(N)c(C)c2)ccc1O. The molecule has 148 valence electrons. The number of ketones is 1. The quantitative estimate of drug-likeness (QED) is 0.793. The highest BCUT2D eigenvalue weighted by Crippen LogP contribution is 2.35. The number of aromatic nitrogens is 1. The van der Waals surface area contributed by atoms with Gasteiger partial charge in [-0.25, -0.2) is 4.98 Å². The Bertz CT molecular complexity index is 910. The number of amides is 1. The van der Waals surface area contributed by atoms with Crippen molar-refractivity contribution in [2.45, 2.75) is 46.1 Å². The smallest absolute Gasteiger partial charge is 0.290 e. The molecule has 1 aromatic carbocycles. The van der Waals surface area contributed by atoms with Crippen LogP contribution in [0.15, 0.2) is 30.5 Å². The molecule has 2 heterocycles. The van der Waals surface area contributed by atoms with Gasteiger partial charge in [0.05, 0.1) is 6.04 Å². The highest BCUT2D eigenvalue weighted by molar-refractivity contribution is 6.36. The second kappa shape index (κ2) is 8.00. The third-order valence-electron chi connectivity index (χ3n) is 5.46. The van der Waals surface area contributed by atoms with Crippen LogP contribution in [0.1, 0.15) is 48.1 Å². The molecule has 1 aliphatic heterocycles. The summed E-state index contributed by atoms with van der Waals surface area (Å²) in [6, 6.07) is 7.02. The largest absolute Gasteiger partial charge is 0.508 e. The van der Waals surface area contributed by atoms with Crippen molar-refractivity contribution in [3.63, 3.8) is 0 Å². The standard InChI is InChI=1S/C22H27N3O3/c1-13-4-6-18(17-5-7-19(26)14(2)9-17)25(12-13)22(28)20(27)10-16-8-15(3)21(23)24-11-16/h5,7-9,11,13,18,26H,4,6,10,12H2,1-3H3,(H2,23,24)/t13-,18+/m1/s1. The molecule has 1 aliphatic rings. The molecule has 0 bridgehead atoms. The number of aromatic hydroxyl groups is 1. The van der Waals surface area contributed by atoms with Gasteiger partial charge in [-0.1, -0.05) is 25.1 Å². The van der Waals surface area contributed by atoms with Crippen LogP contribution in [0.5, 0.6) is 5.75 Å². The van der Waals surface area contributed by atoms with Crippen molar-refractivity contribution in [1.29, 1.82) is 0 Å². The van der Waals surface area contributed by atoms with Crippen molar-refractivity contribution < 1.29 is 14.7 Å². The third kappa shape index (κ3) is 4.16. The zero-order valence-corrected chi connectivity index (χ0v) is 16.6. The first-order valence-corrected chi connectivity index (χ1v) is 9.60. The van der Waals surface area contributed by atoms with Crippen LogP contribution in [-0.2, 0) is 16.0 Å². The summed E-state index contributed by atoms with van der Waals surface area (Å²) in [5, 5.41) is 9.80. The maximum Gasteiger partial charge on any atom is 0.290 e. The Kier molecular flexibility index (Phi) is 5.68. The van der Waals surface area contributed by atoms with E-state index < -0.39 is 11.7 Å². The van der Waals surface area contributed by atoms with E-state index in [9.17, 15) is 14.7 Å². The minimum Gasteiger partial charge on any atom is -0.508 e. The van der Waals surface area contributed by atoms with Gasteiger partial charge in [0.2, 0.25) is 5.78 Å². The molecule has 6 nitrogen and oxygen atoms in total. The lowest BCUT2D eigenvalue weighted by atomic mass is 9.88. The number of carbonyl (C=O) groups excluding carboxylic acids is 2. The number of nitrogens with two attached hydrogens (primary N) is 1. The van der Waals surface area contributed by atoms with E-state index in [1.54, 1.807) is 23.2 Å². The fraction of sp³-hybridized carbons (Fsp3) is 0.409. The van der Waals surface area contributed by atoms with Gasteiger partial charge in [-0.15, -0.1) is 0 Å². The average Bonchev–Trinajstić information content (AvgIpc) is 2.66. The maximum atomic E-state index is 13.0. The Labute approximate surface area is 165 Å². The van der Waals surface area contributed by atoms with Gasteiger partial charge in [-0.2, -0.15) is 0 Å². The number of piperidine rings is 1. The van der Waals surface area contributed by atoms with Crippen LogP contribution in [0.4, 0.5) is 5.82 Å². The molecule has 2 aromatic rings. The van der Waals surface area contributed by atoms with Crippen LogP contribution in [-0.4, -0.2) is 33.2 Å². The van der Waals surface area contributed by atoms with Crippen LogP contribution in [0.25, 0.3) is 0 Å². The fourth-order valence-electron chi connectivity index (χ4n) is 3.77. The Morgan fingerprint density at radius 3 is 2.64 bits per heavy atom. The van der Waals surface area contributed by atoms with Gasteiger partial charge < -0.3 is 15.7 Å². The van der Waals surface area contributed by atoms with Crippen LogP contribution < -0.4 is 5.73 Å². The zero-order chi connectivity index (χ0) is 20.4. The van der Waals surface area contributed by atoms with E-state index in [0.717, 1.165) is 29.5 Å². The first-order chi connectivity index (χ1) is 13.3. The average molecular weight is 381 g/mol. The van der Waals surface area contributed by atoms with Gasteiger partial charge in [0.25, 0.3) is 5.91 Å². The summed E-state index contributed by atoms with van der Waals surface area (Å²) in [4.78, 5) is 31.5.